The number of fused-ring (bicyclic) bond motifs is 1. The van der Waals surface area contributed by atoms with Gasteiger partial charge in [-0.2, -0.15) is 0 Å². The van der Waals surface area contributed by atoms with E-state index in [4.69, 9.17) is 27.9 Å². The molecular formula is C17H14BrCl2NO2. The van der Waals surface area contributed by atoms with Gasteiger partial charge in [-0.3, -0.25) is 4.79 Å². The molecule has 0 radical (unpaired) electrons. The third-order valence-corrected chi connectivity index (χ3v) is 4.76. The Bertz CT molecular complexity index is 721. The van der Waals surface area contributed by atoms with E-state index in [1.807, 2.05) is 42.5 Å². The molecule has 3 rings (SSSR count). The van der Waals surface area contributed by atoms with Crippen LogP contribution in [0.4, 0.5) is 0 Å². The number of ether oxygens (including phenoxy) is 1. The average Bonchev–Trinajstić information content (AvgIpc) is 2.74. The van der Waals surface area contributed by atoms with Gasteiger partial charge in [-0.05, 0) is 35.9 Å². The fraction of sp³-hybridized carbons (Fsp3) is 0.235. The molecule has 2 aromatic rings. The van der Waals surface area contributed by atoms with Crippen molar-refractivity contribution in [2.75, 3.05) is 19.0 Å². The van der Waals surface area contributed by atoms with Gasteiger partial charge in [0.05, 0.1) is 12.6 Å². The molecule has 1 aliphatic heterocycles. The van der Waals surface area contributed by atoms with Crippen LogP contribution in [0.25, 0.3) is 0 Å². The number of nitrogens with zero attached hydrogens (tertiary/aromatic N) is 1. The normalized spacial score (nSPS) is 17.2. The van der Waals surface area contributed by atoms with Gasteiger partial charge >= 0.3 is 0 Å². The molecule has 120 valence electrons. The van der Waals surface area contributed by atoms with Crippen LogP contribution in [0, 0.1) is 0 Å². The fourth-order valence-corrected chi connectivity index (χ4v) is 3.42. The predicted molar refractivity (Wildman–Crippen MR) is 95.4 cm³/mol. The monoisotopic (exact) mass is 413 g/mol. The molecule has 0 saturated carbocycles. The largest absolute Gasteiger partial charge is 0.491 e. The highest BCUT2D eigenvalue weighted by atomic mass is 79.9. The Hall–Kier alpha value is -1.23. The van der Waals surface area contributed by atoms with E-state index in [1.165, 1.54) is 0 Å². The second-order valence-corrected chi connectivity index (χ2v) is 6.82. The van der Waals surface area contributed by atoms with Crippen LogP contribution in [0.1, 0.15) is 17.2 Å². The maximum Gasteiger partial charge on any atom is 0.238 e. The Morgan fingerprint density at radius 2 is 2.00 bits per heavy atom. The second kappa shape index (κ2) is 7.12. The molecule has 0 spiro atoms. The van der Waals surface area contributed by atoms with E-state index in [-0.39, 0.29) is 17.8 Å². The minimum atomic E-state index is -0.256. The first-order valence-electron chi connectivity index (χ1n) is 7.13. The summed E-state index contributed by atoms with van der Waals surface area (Å²) in [6, 6.07) is 13.1. The van der Waals surface area contributed by atoms with Crippen molar-refractivity contribution in [1.82, 2.24) is 4.90 Å². The lowest BCUT2D eigenvalue weighted by Crippen LogP contribution is -2.37. The van der Waals surface area contributed by atoms with Crippen molar-refractivity contribution in [3.8, 4) is 5.75 Å². The van der Waals surface area contributed by atoms with Gasteiger partial charge in [0.25, 0.3) is 0 Å². The van der Waals surface area contributed by atoms with Gasteiger partial charge < -0.3 is 9.64 Å². The van der Waals surface area contributed by atoms with Gasteiger partial charge in [0.2, 0.25) is 5.91 Å². The molecule has 1 amide bonds. The molecule has 0 aromatic heterocycles. The summed E-state index contributed by atoms with van der Waals surface area (Å²) in [6.07, 6.45) is 0. The molecule has 0 aliphatic carbocycles. The highest BCUT2D eigenvalue weighted by Crippen LogP contribution is 2.38. The van der Waals surface area contributed by atoms with E-state index >= 15 is 0 Å². The lowest BCUT2D eigenvalue weighted by atomic mass is 9.96. The van der Waals surface area contributed by atoms with E-state index in [1.54, 1.807) is 4.90 Å². The van der Waals surface area contributed by atoms with E-state index < -0.39 is 0 Å². The molecule has 0 bridgehead atoms. The number of halogens is 3. The molecule has 1 atom stereocenters. The van der Waals surface area contributed by atoms with Crippen LogP contribution in [0.2, 0.25) is 5.02 Å². The lowest BCUT2D eigenvalue weighted by Gasteiger charge is -2.30. The lowest BCUT2D eigenvalue weighted by molar-refractivity contribution is -0.130. The Morgan fingerprint density at radius 3 is 2.70 bits per heavy atom. The van der Waals surface area contributed by atoms with Gasteiger partial charge in [-0.25, -0.2) is 0 Å². The molecule has 1 heterocycles. The maximum absolute atomic E-state index is 12.4. The van der Waals surface area contributed by atoms with Crippen LogP contribution >= 0.6 is 39.1 Å². The molecular weight excluding hydrogens is 401 g/mol. The van der Waals surface area contributed by atoms with Crippen LogP contribution in [-0.4, -0.2) is 29.8 Å². The number of carbonyl (C=O) groups excluding carboxylic acids is 1. The number of rotatable bonds is 2. The van der Waals surface area contributed by atoms with E-state index in [0.29, 0.717) is 18.2 Å². The van der Waals surface area contributed by atoms with E-state index in [9.17, 15) is 4.79 Å². The van der Waals surface area contributed by atoms with E-state index in [0.717, 1.165) is 21.3 Å². The van der Waals surface area contributed by atoms with Crippen molar-refractivity contribution in [3.05, 3.63) is 63.1 Å². The smallest absolute Gasteiger partial charge is 0.238 e. The summed E-state index contributed by atoms with van der Waals surface area (Å²) >= 11 is 15.3. The summed E-state index contributed by atoms with van der Waals surface area (Å²) in [7, 11) is 0. The Kier molecular flexibility index (Phi) is 5.14. The van der Waals surface area contributed by atoms with Crippen LogP contribution < -0.4 is 4.74 Å². The number of benzene rings is 2. The molecule has 0 saturated heterocycles. The third kappa shape index (κ3) is 3.49. The van der Waals surface area contributed by atoms with Crippen LogP contribution in [0.5, 0.6) is 5.75 Å². The second-order valence-electron chi connectivity index (χ2n) is 5.21. The first kappa shape index (κ1) is 16.6. The minimum Gasteiger partial charge on any atom is -0.491 e. The molecule has 0 fully saturated rings. The molecule has 1 unspecified atom stereocenters. The fourth-order valence-electron chi connectivity index (χ4n) is 2.77. The maximum atomic E-state index is 12.4. The third-order valence-electron chi connectivity index (χ3n) is 3.79. The highest BCUT2D eigenvalue weighted by molar-refractivity contribution is 9.10. The number of hydrogen-bond donors (Lipinski definition) is 0. The number of carbonyl (C=O) groups is 1. The van der Waals surface area contributed by atoms with Crippen molar-refractivity contribution < 1.29 is 9.53 Å². The van der Waals surface area contributed by atoms with Gasteiger partial charge in [0.1, 0.15) is 18.2 Å². The average molecular weight is 415 g/mol. The molecule has 1 aliphatic rings. The number of hydrogen-bond acceptors (Lipinski definition) is 2. The zero-order chi connectivity index (χ0) is 16.4. The highest BCUT2D eigenvalue weighted by Gasteiger charge is 2.31. The first-order chi connectivity index (χ1) is 11.1. The predicted octanol–water partition coefficient (Wildman–Crippen LogP) is 4.65. The topological polar surface area (TPSA) is 29.5 Å². The summed E-state index contributed by atoms with van der Waals surface area (Å²) in [4.78, 5) is 14.1. The van der Waals surface area contributed by atoms with Gasteiger partial charge in [0, 0.05) is 15.1 Å². The summed E-state index contributed by atoms with van der Waals surface area (Å²) in [5, 5.41) is 0.656. The van der Waals surface area contributed by atoms with Crippen LogP contribution in [0.3, 0.4) is 0 Å². The van der Waals surface area contributed by atoms with Gasteiger partial charge in [-0.15, -0.1) is 11.6 Å². The number of amides is 1. The summed E-state index contributed by atoms with van der Waals surface area (Å²) in [5.41, 5.74) is 1.90. The Balaban J connectivity index is 2.16. The van der Waals surface area contributed by atoms with E-state index in [2.05, 4.69) is 15.9 Å². The van der Waals surface area contributed by atoms with Crippen molar-refractivity contribution in [2.24, 2.45) is 0 Å². The van der Waals surface area contributed by atoms with Crippen molar-refractivity contribution in [1.29, 1.82) is 0 Å². The quantitative estimate of drug-likeness (QED) is 0.669. The van der Waals surface area contributed by atoms with Gasteiger partial charge in [0.15, 0.2) is 0 Å². The first-order valence-corrected chi connectivity index (χ1v) is 8.84. The SMILES string of the molecule is O=C(CCl)N1CCOc2ccc(Br)cc2C1c1ccc(Cl)cc1. The van der Waals surface area contributed by atoms with Crippen LogP contribution in [0.15, 0.2) is 46.9 Å². The Morgan fingerprint density at radius 1 is 1.26 bits per heavy atom. The number of alkyl halides is 1. The summed E-state index contributed by atoms with van der Waals surface area (Å²) in [5.74, 6) is 0.592. The molecule has 3 nitrogen and oxygen atoms in total. The molecule has 6 heteroatoms. The summed E-state index contributed by atoms with van der Waals surface area (Å²) < 4.78 is 6.75. The van der Waals surface area contributed by atoms with Crippen molar-refractivity contribution in [2.45, 2.75) is 6.04 Å². The Labute approximate surface area is 153 Å². The van der Waals surface area contributed by atoms with Crippen molar-refractivity contribution >= 4 is 45.0 Å². The zero-order valence-corrected chi connectivity index (χ0v) is 15.2. The summed E-state index contributed by atoms with van der Waals surface area (Å²) in [6.45, 7) is 0.909. The van der Waals surface area contributed by atoms with Crippen LogP contribution in [-0.2, 0) is 4.79 Å². The molecule has 0 N–H and O–H groups in total. The van der Waals surface area contributed by atoms with Crippen molar-refractivity contribution in [3.63, 3.8) is 0 Å². The zero-order valence-electron chi connectivity index (χ0n) is 12.1. The minimum absolute atomic E-state index is 0.0621. The standard InChI is InChI=1S/C17H14BrCl2NO2/c18-12-3-6-15-14(9-12)17(11-1-4-13(20)5-2-11)21(7-8-23-15)16(22)10-19/h1-6,9,17H,7-8,10H2. The van der Waals surface area contributed by atoms with Gasteiger partial charge in [-0.1, -0.05) is 39.7 Å². The molecule has 23 heavy (non-hydrogen) atoms. The molecule has 2 aromatic carbocycles.